The summed E-state index contributed by atoms with van der Waals surface area (Å²) >= 11 is 0. The van der Waals surface area contributed by atoms with Crippen molar-refractivity contribution >= 4 is 23.0 Å². The van der Waals surface area contributed by atoms with Crippen LogP contribution in [0, 0.1) is 0 Å². The maximum atomic E-state index is 6.02. The molecule has 1 aliphatic heterocycles. The van der Waals surface area contributed by atoms with Crippen molar-refractivity contribution < 1.29 is 17.7 Å². The van der Waals surface area contributed by atoms with Gasteiger partial charge in [0.05, 0.1) is 0 Å². The summed E-state index contributed by atoms with van der Waals surface area (Å²) in [6.45, 7) is 4.52. The van der Waals surface area contributed by atoms with Crippen molar-refractivity contribution in [3.05, 3.63) is 30.3 Å². The molecule has 0 bridgehead atoms. The van der Waals surface area contributed by atoms with Gasteiger partial charge in [0.1, 0.15) is 13.6 Å². The lowest BCUT2D eigenvalue weighted by atomic mass is 10.4. The van der Waals surface area contributed by atoms with Crippen molar-refractivity contribution in [2.45, 2.75) is 13.1 Å². The first-order chi connectivity index (χ1) is 7.67. The molecule has 0 amide bonds. The first kappa shape index (κ1) is 12.0. The van der Waals surface area contributed by atoms with E-state index < -0.39 is 17.8 Å². The Labute approximate surface area is 98.2 Å². The molecule has 0 radical (unpaired) electrons. The number of benzene rings is 1. The summed E-state index contributed by atoms with van der Waals surface area (Å²) in [6, 6.07) is 10.0. The van der Waals surface area contributed by atoms with E-state index in [4.69, 9.17) is 17.7 Å². The van der Waals surface area contributed by atoms with Crippen molar-refractivity contribution in [2.24, 2.45) is 0 Å². The van der Waals surface area contributed by atoms with Crippen LogP contribution in [0.2, 0.25) is 13.1 Å². The average Bonchev–Trinajstić information content (AvgIpc) is 2.25. The normalized spacial score (nSPS) is 25.8. The van der Waals surface area contributed by atoms with Crippen LogP contribution in [0.3, 0.4) is 0 Å². The highest BCUT2D eigenvalue weighted by Gasteiger charge is 2.33. The van der Waals surface area contributed by atoms with E-state index in [2.05, 4.69) is 0 Å². The van der Waals surface area contributed by atoms with E-state index in [0.29, 0.717) is 0 Å². The van der Waals surface area contributed by atoms with E-state index in [1.54, 1.807) is 0 Å². The van der Waals surface area contributed by atoms with Gasteiger partial charge >= 0.3 is 17.8 Å². The third kappa shape index (κ3) is 3.24. The molecule has 2 rings (SSSR count). The zero-order valence-corrected chi connectivity index (χ0v) is 11.7. The first-order valence-electron chi connectivity index (χ1n) is 5.23. The third-order valence-corrected chi connectivity index (χ3v) is 7.56. The van der Waals surface area contributed by atoms with Gasteiger partial charge in [-0.1, -0.05) is 30.3 Å². The Morgan fingerprint density at radius 1 is 1.12 bits per heavy atom. The summed E-state index contributed by atoms with van der Waals surface area (Å²) in [5.41, 5.74) is 0. The maximum Gasteiger partial charge on any atom is 0.348 e. The topological polar surface area (TPSA) is 36.9 Å². The minimum atomic E-state index is -2.11. The van der Waals surface area contributed by atoms with Crippen molar-refractivity contribution in [3.63, 3.8) is 0 Å². The van der Waals surface area contributed by atoms with E-state index in [9.17, 15) is 0 Å². The molecule has 1 aliphatic rings. The van der Waals surface area contributed by atoms with Gasteiger partial charge in [-0.25, -0.2) is 0 Å². The van der Waals surface area contributed by atoms with E-state index in [1.165, 1.54) is 0 Å². The molecule has 1 unspecified atom stereocenters. The molecule has 1 fully saturated rings. The minimum Gasteiger partial charge on any atom is -0.414 e. The Hall–Kier alpha value is -0.506. The van der Waals surface area contributed by atoms with Gasteiger partial charge in [-0.15, -0.1) is 0 Å². The predicted octanol–water partition coefficient (Wildman–Crippen LogP) is 0.811. The summed E-state index contributed by atoms with van der Waals surface area (Å²) < 4.78 is 22.4. The van der Waals surface area contributed by atoms with Crippen molar-refractivity contribution in [1.82, 2.24) is 0 Å². The average molecular weight is 256 g/mol. The summed E-state index contributed by atoms with van der Waals surface area (Å²) in [4.78, 5) is 0. The second-order valence-electron chi connectivity index (χ2n) is 4.01. The molecule has 1 aromatic rings. The van der Waals surface area contributed by atoms with Crippen molar-refractivity contribution in [3.8, 4) is 0 Å². The number of hydrogen-bond acceptors (Lipinski definition) is 4. The Balaban J connectivity index is 2.12. The highest BCUT2D eigenvalue weighted by Crippen LogP contribution is 2.11. The summed E-state index contributed by atoms with van der Waals surface area (Å²) in [5.74, 6) is 0. The molecule has 1 heterocycles. The van der Waals surface area contributed by atoms with Crippen LogP contribution in [0.15, 0.2) is 30.3 Å². The number of ether oxygens (including phenoxy) is 1. The van der Waals surface area contributed by atoms with Gasteiger partial charge < -0.3 is 17.7 Å². The quantitative estimate of drug-likeness (QED) is 0.697. The molecule has 1 saturated heterocycles. The molecule has 0 aromatic heterocycles. The fraction of sp³-hybridized carbons (Fsp3) is 0.400. The van der Waals surface area contributed by atoms with Crippen LogP contribution in [0.5, 0.6) is 0 Å². The second-order valence-corrected chi connectivity index (χ2v) is 9.71. The van der Waals surface area contributed by atoms with Crippen molar-refractivity contribution in [1.29, 1.82) is 0 Å². The second kappa shape index (κ2) is 5.22. The lowest BCUT2D eigenvalue weighted by Crippen LogP contribution is -2.50. The summed E-state index contributed by atoms with van der Waals surface area (Å²) in [6.07, 6.45) is 0. The van der Waals surface area contributed by atoms with Gasteiger partial charge in [-0.05, 0) is 18.3 Å². The fourth-order valence-electron chi connectivity index (χ4n) is 1.43. The smallest absolute Gasteiger partial charge is 0.348 e. The Kier molecular flexibility index (Phi) is 3.90. The van der Waals surface area contributed by atoms with Gasteiger partial charge in [-0.3, -0.25) is 0 Å². The van der Waals surface area contributed by atoms with Crippen LogP contribution in [-0.2, 0) is 17.7 Å². The molecule has 0 aliphatic carbocycles. The SMILES string of the molecule is C[Si]1(C)OCOCO[SiH](c2ccccc2)O1. The molecule has 88 valence electrons. The van der Waals surface area contributed by atoms with Crippen LogP contribution < -0.4 is 5.19 Å². The summed E-state index contributed by atoms with van der Waals surface area (Å²) in [7, 11) is -3.98. The molecule has 0 spiro atoms. The fourth-order valence-corrected chi connectivity index (χ4v) is 5.89. The Morgan fingerprint density at radius 2 is 1.88 bits per heavy atom. The highest BCUT2D eigenvalue weighted by molar-refractivity contribution is 6.76. The zero-order chi connectivity index (χ0) is 11.4. The molecule has 0 saturated carbocycles. The Bertz CT molecular complexity index is 331. The highest BCUT2D eigenvalue weighted by atomic mass is 28.4. The number of rotatable bonds is 1. The predicted molar refractivity (Wildman–Crippen MR) is 64.8 cm³/mol. The van der Waals surface area contributed by atoms with E-state index in [0.717, 1.165) is 5.19 Å². The van der Waals surface area contributed by atoms with Crippen LogP contribution in [-0.4, -0.2) is 31.4 Å². The van der Waals surface area contributed by atoms with Crippen LogP contribution in [0.4, 0.5) is 0 Å². The molecular formula is C10H16O4Si2. The standard InChI is InChI=1S/C10H16O4Si2/c1-16(2)13-9-11-8-12-15(14-16)10-6-4-3-5-7-10/h3-7,15H,8-9H2,1-2H3. The molecule has 1 aromatic carbocycles. The van der Waals surface area contributed by atoms with E-state index >= 15 is 0 Å². The zero-order valence-electron chi connectivity index (χ0n) is 9.51. The monoisotopic (exact) mass is 256 g/mol. The van der Waals surface area contributed by atoms with Gasteiger partial charge in [0.25, 0.3) is 0 Å². The van der Waals surface area contributed by atoms with Gasteiger partial charge in [0.15, 0.2) is 0 Å². The molecule has 1 atom stereocenters. The third-order valence-electron chi connectivity index (χ3n) is 2.26. The largest absolute Gasteiger partial charge is 0.414 e. The summed E-state index contributed by atoms with van der Waals surface area (Å²) in [5, 5.41) is 1.12. The minimum absolute atomic E-state index is 0.246. The Morgan fingerprint density at radius 3 is 2.62 bits per heavy atom. The molecular weight excluding hydrogens is 240 g/mol. The molecule has 4 nitrogen and oxygen atoms in total. The molecule has 0 N–H and O–H groups in total. The van der Waals surface area contributed by atoms with Crippen LogP contribution in [0.25, 0.3) is 0 Å². The van der Waals surface area contributed by atoms with E-state index in [-0.39, 0.29) is 13.6 Å². The number of hydrogen-bond donors (Lipinski definition) is 0. The van der Waals surface area contributed by atoms with Gasteiger partial charge in [0.2, 0.25) is 0 Å². The first-order valence-corrected chi connectivity index (χ1v) is 9.57. The van der Waals surface area contributed by atoms with Gasteiger partial charge in [-0.2, -0.15) is 0 Å². The van der Waals surface area contributed by atoms with Crippen molar-refractivity contribution in [2.75, 3.05) is 13.6 Å². The van der Waals surface area contributed by atoms with E-state index in [1.807, 2.05) is 43.4 Å². The lowest BCUT2D eigenvalue weighted by Gasteiger charge is -2.30. The van der Waals surface area contributed by atoms with Gasteiger partial charge in [0, 0.05) is 0 Å². The lowest BCUT2D eigenvalue weighted by molar-refractivity contribution is -0.0812. The molecule has 6 heteroatoms. The van der Waals surface area contributed by atoms with Crippen LogP contribution >= 0.6 is 0 Å². The van der Waals surface area contributed by atoms with Crippen LogP contribution in [0.1, 0.15) is 0 Å². The molecule has 16 heavy (non-hydrogen) atoms. The maximum absolute atomic E-state index is 6.02.